The molecule has 0 atom stereocenters. The summed E-state index contributed by atoms with van der Waals surface area (Å²) in [5, 5.41) is 15.2. The minimum absolute atomic E-state index is 0.558. The fraction of sp³-hybridized carbons (Fsp3) is 0.357. The van der Waals surface area contributed by atoms with Crippen LogP contribution in [0.3, 0.4) is 0 Å². The highest BCUT2D eigenvalue weighted by atomic mass is 35.5. The zero-order valence-electron chi connectivity index (χ0n) is 21.0. The molecule has 0 amide bonds. The summed E-state index contributed by atoms with van der Waals surface area (Å²) in [7, 11) is -3.44. The molecule has 3 aromatic rings. The summed E-state index contributed by atoms with van der Waals surface area (Å²) in [6.45, 7) is 7.19. The zero-order chi connectivity index (χ0) is 26.0. The van der Waals surface area contributed by atoms with Crippen LogP contribution in [0.1, 0.15) is 44.7 Å². The van der Waals surface area contributed by atoms with E-state index in [9.17, 15) is 13.5 Å². The van der Waals surface area contributed by atoms with E-state index in [1.165, 1.54) is 0 Å². The summed E-state index contributed by atoms with van der Waals surface area (Å²) in [5.74, 6) is 0. The monoisotopic (exact) mass is 527 g/mol. The lowest BCUT2D eigenvalue weighted by Gasteiger charge is -2.39. The quantitative estimate of drug-likeness (QED) is 0.352. The van der Waals surface area contributed by atoms with E-state index in [2.05, 4.69) is 39.2 Å². The lowest BCUT2D eigenvalue weighted by molar-refractivity contribution is 0.0118. The molecule has 3 aromatic carbocycles. The van der Waals surface area contributed by atoms with Gasteiger partial charge in [0.1, 0.15) is 0 Å². The molecule has 1 aliphatic heterocycles. The number of halogens is 1. The summed E-state index contributed by atoms with van der Waals surface area (Å²) in [6.07, 6.45) is 1.33. The fourth-order valence-corrected chi connectivity index (χ4v) is 5.06. The van der Waals surface area contributed by atoms with Gasteiger partial charge in [-0.15, -0.1) is 0 Å². The van der Waals surface area contributed by atoms with Gasteiger partial charge in [-0.2, -0.15) is 0 Å². The van der Waals surface area contributed by atoms with Crippen molar-refractivity contribution in [3.8, 4) is 0 Å². The number of aliphatic hydroxyl groups is 1. The van der Waals surface area contributed by atoms with Crippen molar-refractivity contribution in [1.29, 1.82) is 0 Å². The van der Waals surface area contributed by atoms with Gasteiger partial charge in [0.15, 0.2) is 0 Å². The van der Waals surface area contributed by atoms with Gasteiger partial charge in [-0.1, -0.05) is 35.9 Å². The van der Waals surface area contributed by atoms with Crippen LogP contribution in [-0.2, 0) is 22.2 Å². The second kappa shape index (κ2) is 10.3. The van der Waals surface area contributed by atoms with Crippen molar-refractivity contribution < 1.29 is 13.5 Å². The molecule has 192 valence electrons. The van der Waals surface area contributed by atoms with Gasteiger partial charge >= 0.3 is 0 Å². The predicted molar refractivity (Wildman–Crippen MR) is 149 cm³/mol. The number of benzene rings is 3. The Morgan fingerprint density at radius 2 is 1.44 bits per heavy atom. The molecular formula is C28H34ClN3O3S. The van der Waals surface area contributed by atoms with E-state index >= 15 is 0 Å². The van der Waals surface area contributed by atoms with Crippen molar-refractivity contribution in [3.63, 3.8) is 0 Å². The zero-order valence-corrected chi connectivity index (χ0v) is 22.5. The Balaban J connectivity index is 1.29. The molecule has 0 aliphatic carbocycles. The minimum atomic E-state index is -3.44. The van der Waals surface area contributed by atoms with Crippen LogP contribution in [0.15, 0.2) is 72.8 Å². The topological polar surface area (TPSA) is 81.7 Å². The van der Waals surface area contributed by atoms with Gasteiger partial charge in [-0.05, 0) is 93.3 Å². The highest BCUT2D eigenvalue weighted by Crippen LogP contribution is 2.35. The molecule has 1 saturated heterocycles. The van der Waals surface area contributed by atoms with Crippen LogP contribution in [0.4, 0.5) is 17.1 Å². The highest BCUT2D eigenvalue weighted by Gasteiger charge is 2.34. The molecule has 3 N–H and O–H groups in total. The van der Waals surface area contributed by atoms with Crippen LogP contribution in [-0.4, -0.2) is 31.4 Å². The van der Waals surface area contributed by atoms with Gasteiger partial charge in [0, 0.05) is 41.7 Å². The number of rotatable bonds is 7. The third-order valence-corrected chi connectivity index (χ3v) is 9.08. The number of sulfonamides is 1. The van der Waals surface area contributed by atoms with Crippen molar-refractivity contribution in [1.82, 2.24) is 0 Å². The Labute approximate surface area is 219 Å². The Hall–Kier alpha value is -2.74. The first kappa shape index (κ1) is 26.3. The Bertz CT molecular complexity index is 1260. The molecule has 1 fully saturated rings. The van der Waals surface area contributed by atoms with E-state index in [0.717, 1.165) is 35.6 Å². The lowest BCUT2D eigenvalue weighted by Crippen LogP contribution is -2.42. The molecule has 1 heterocycles. The van der Waals surface area contributed by atoms with Gasteiger partial charge in [0.25, 0.3) is 0 Å². The molecule has 0 saturated carbocycles. The van der Waals surface area contributed by atoms with Gasteiger partial charge in [-0.25, -0.2) is 8.42 Å². The number of piperidine rings is 1. The Morgan fingerprint density at radius 1 is 0.889 bits per heavy atom. The summed E-state index contributed by atoms with van der Waals surface area (Å²) in [6, 6.07) is 23.2. The van der Waals surface area contributed by atoms with Crippen LogP contribution in [0.25, 0.3) is 0 Å². The molecule has 4 rings (SSSR count). The highest BCUT2D eigenvalue weighted by molar-refractivity contribution is 7.94. The van der Waals surface area contributed by atoms with Crippen LogP contribution < -0.4 is 14.9 Å². The molecule has 1 aliphatic rings. The van der Waals surface area contributed by atoms with Crippen molar-refractivity contribution in [3.05, 3.63) is 88.9 Å². The van der Waals surface area contributed by atoms with Crippen LogP contribution in [0, 0.1) is 0 Å². The standard InChI is InChI=1S/C28H34ClN3O3S/c1-27(2,3)36(34,35)31-25-10-4-21(5-11-25)20-30-24-12-14-26(15-13-24)32-18-16-28(33,17-19-32)22-6-8-23(29)9-7-22/h4-15,30-31,33H,16-20H2,1-3H3. The summed E-state index contributed by atoms with van der Waals surface area (Å²) in [5.41, 5.74) is 3.86. The van der Waals surface area contributed by atoms with E-state index < -0.39 is 20.4 Å². The van der Waals surface area contributed by atoms with Crippen molar-refractivity contribution >= 4 is 38.7 Å². The number of nitrogens with zero attached hydrogens (tertiary/aromatic N) is 1. The maximum atomic E-state index is 12.3. The Morgan fingerprint density at radius 3 is 2.00 bits per heavy atom. The molecule has 0 unspecified atom stereocenters. The van der Waals surface area contributed by atoms with Gasteiger partial charge in [0.2, 0.25) is 10.0 Å². The summed E-state index contributed by atoms with van der Waals surface area (Å²) < 4.78 is 26.4. The van der Waals surface area contributed by atoms with Gasteiger partial charge < -0.3 is 15.3 Å². The molecule has 0 spiro atoms. The average molecular weight is 528 g/mol. The normalized spacial score (nSPS) is 16.0. The number of hydrogen-bond acceptors (Lipinski definition) is 5. The first-order valence-corrected chi connectivity index (χ1v) is 14.0. The second-order valence-electron chi connectivity index (χ2n) is 10.3. The molecule has 0 radical (unpaired) electrons. The fourth-order valence-electron chi connectivity index (χ4n) is 4.18. The maximum Gasteiger partial charge on any atom is 0.237 e. The number of hydrogen-bond donors (Lipinski definition) is 3. The summed E-state index contributed by atoms with van der Waals surface area (Å²) in [4.78, 5) is 2.30. The summed E-state index contributed by atoms with van der Waals surface area (Å²) >= 11 is 5.99. The van der Waals surface area contributed by atoms with Crippen molar-refractivity contribution in [2.24, 2.45) is 0 Å². The van der Waals surface area contributed by atoms with E-state index in [1.54, 1.807) is 32.9 Å². The van der Waals surface area contributed by atoms with Gasteiger partial charge in [0.05, 0.1) is 10.3 Å². The van der Waals surface area contributed by atoms with Crippen molar-refractivity contribution in [2.45, 2.75) is 50.5 Å². The predicted octanol–water partition coefficient (Wildman–Crippen LogP) is 5.98. The largest absolute Gasteiger partial charge is 0.385 e. The third kappa shape index (κ3) is 6.14. The number of anilines is 3. The molecule has 0 bridgehead atoms. The van der Waals surface area contributed by atoms with E-state index in [0.29, 0.717) is 30.1 Å². The third-order valence-electron chi connectivity index (χ3n) is 6.71. The molecule has 6 nitrogen and oxygen atoms in total. The minimum Gasteiger partial charge on any atom is -0.385 e. The maximum absolute atomic E-state index is 12.3. The van der Waals surface area contributed by atoms with Crippen LogP contribution in [0.5, 0.6) is 0 Å². The molecule has 36 heavy (non-hydrogen) atoms. The number of nitrogens with one attached hydrogen (secondary N) is 2. The van der Waals surface area contributed by atoms with E-state index in [4.69, 9.17) is 11.6 Å². The van der Waals surface area contributed by atoms with Crippen LogP contribution in [0.2, 0.25) is 5.02 Å². The molecular weight excluding hydrogens is 494 g/mol. The molecule has 8 heteroatoms. The first-order valence-electron chi connectivity index (χ1n) is 12.1. The van der Waals surface area contributed by atoms with E-state index in [-0.39, 0.29) is 0 Å². The first-order chi connectivity index (χ1) is 17.0. The van der Waals surface area contributed by atoms with E-state index in [1.807, 2.05) is 36.4 Å². The van der Waals surface area contributed by atoms with Gasteiger partial charge in [-0.3, -0.25) is 4.72 Å². The molecule has 0 aromatic heterocycles. The SMILES string of the molecule is CC(C)(C)S(=O)(=O)Nc1ccc(CNc2ccc(N3CCC(O)(c4ccc(Cl)cc4)CC3)cc2)cc1. The van der Waals surface area contributed by atoms with Crippen LogP contribution >= 0.6 is 11.6 Å². The second-order valence-corrected chi connectivity index (χ2v) is 13.2. The Kier molecular flexibility index (Phi) is 7.55. The average Bonchev–Trinajstić information content (AvgIpc) is 2.84. The lowest BCUT2D eigenvalue weighted by atomic mass is 9.84. The smallest absolute Gasteiger partial charge is 0.237 e. The van der Waals surface area contributed by atoms with Crippen molar-refractivity contribution in [2.75, 3.05) is 28.0 Å².